The minimum atomic E-state index is -3.51. The number of pyridine rings is 1. The van der Waals surface area contributed by atoms with Crippen LogP contribution in [-0.4, -0.2) is 42.6 Å². The molecule has 4 heterocycles. The van der Waals surface area contributed by atoms with Crippen molar-refractivity contribution in [3.8, 4) is 0 Å². The maximum atomic E-state index is 12.9. The molecule has 2 aromatic rings. The summed E-state index contributed by atoms with van der Waals surface area (Å²) in [6.07, 6.45) is 1.85. The summed E-state index contributed by atoms with van der Waals surface area (Å²) in [5.41, 5.74) is 0.696. The summed E-state index contributed by atoms with van der Waals surface area (Å²) < 4.78 is 28.3. The van der Waals surface area contributed by atoms with Gasteiger partial charge in [0.2, 0.25) is 15.9 Å². The van der Waals surface area contributed by atoms with Crippen LogP contribution in [0.5, 0.6) is 0 Å². The van der Waals surface area contributed by atoms with Crippen molar-refractivity contribution < 1.29 is 13.2 Å². The van der Waals surface area contributed by atoms with Crippen LogP contribution >= 0.6 is 11.3 Å². The van der Waals surface area contributed by atoms with Gasteiger partial charge in [0, 0.05) is 36.1 Å². The second-order valence-corrected chi connectivity index (χ2v) is 10.7. The van der Waals surface area contributed by atoms with Gasteiger partial charge in [0.25, 0.3) is 5.56 Å². The van der Waals surface area contributed by atoms with E-state index in [9.17, 15) is 18.0 Å². The van der Waals surface area contributed by atoms with Crippen LogP contribution in [0.4, 0.5) is 5.69 Å². The second kappa shape index (κ2) is 7.95. The summed E-state index contributed by atoms with van der Waals surface area (Å²) in [5, 5.41) is 1.97. The summed E-state index contributed by atoms with van der Waals surface area (Å²) in [7, 11) is -3.51. The maximum absolute atomic E-state index is 12.9. The van der Waals surface area contributed by atoms with Gasteiger partial charge < -0.3 is 9.47 Å². The largest absolute Gasteiger partial charge is 0.341 e. The van der Waals surface area contributed by atoms with E-state index in [2.05, 4.69) is 4.72 Å². The smallest absolute Gasteiger partial charge is 0.275 e. The number of piperidine rings is 1. The lowest BCUT2D eigenvalue weighted by atomic mass is 9.83. The average Bonchev–Trinajstić information content (AvgIpc) is 3.17. The van der Waals surface area contributed by atoms with E-state index in [1.807, 2.05) is 28.5 Å². The van der Waals surface area contributed by atoms with Gasteiger partial charge >= 0.3 is 0 Å². The highest BCUT2D eigenvalue weighted by molar-refractivity contribution is 7.92. The van der Waals surface area contributed by atoms with Crippen molar-refractivity contribution in [2.24, 2.45) is 5.92 Å². The van der Waals surface area contributed by atoms with Gasteiger partial charge in [-0.3, -0.25) is 14.3 Å². The van der Waals surface area contributed by atoms with Crippen LogP contribution in [0.1, 0.15) is 36.3 Å². The fraction of sp³-hybridized carbons (Fsp3) is 0.500. The van der Waals surface area contributed by atoms with Crippen LogP contribution in [0, 0.1) is 5.92 Å². The molecule has 2 atom stereocenters. The summed E-state index contributed by atoms with van der Waals surface area (Å²) in [6.45, 7) is 3.53. The third-order valence-electron chi connectivity index (χ3n) is 5.60. The van der Waals surface area contributed by atoms with E-state index in [4.69, 9.17) is 0 Å². The van der Waals surface area contributed by atoms with Gasteiger partial charge in [-0.05, 0) is 42.3 Å². The Morgan fingerprint density at radius 2 is 2.07 bits per heavy atom. The number of carbonyl (C=O) groups excluding carboxylic acids is 1. The van der Waals surface area contributed by atoms with Gasteiger partial charge in [-0.15, -0.1) is 11.3 Å². The highest BCUT2D eigenvalue weighted by Crippen LogP contribution is 2.35. The number of aromatic nitrogens is 1. The predicted octanol–water partition coefficient (Wildman–Crippen LogP) is 2.25. The Bertz CT molecular complexity index is 1060. The molecule has 1 N–H and O–H groups in total. The fourth-order valence-electron chi connectivity index (χ4n) is 4.39. The first kappa shape index (κ1) is 20.2. The molecule has 0 radical (unpaired) electrons. The van der Waals surface area contributed by atoms with Gasteiger partial charge in [-0.1, -0.05) is 13.0 Å². The molecule has 2 aliphatic rings. The Kier molecular flexibility index (Phi) is 5.52. The third kappa shape index (κ3) is 4.25. The van der Waals surface area contributed by atoms with Crippen molar-refractivity contribution in [1.82, 2.24) is 9.47 Å². The number of anilines is 1. The Hall–Kier alpha value is -2.13. The number of likely N-dealkylation sites (tertiary alicyclic amines) is 1. The molecule has 29 heavy (non-hydrogen) atoms. The van der Waals surface area contributed by atoms with Gasteiger partial charge in [0.05, 0.1) is 12.2 Å². The normalized spacial score (nSPS) is 20.9. The number of hydrogen-bond donors (Lipinski definition) is 1. The summed E-state index contributed by atoms with van der Waals surface area (Å²) in [6, 6.07) is 7.32. The van der Waals surface area contributed by atoms with Gasteiger partial charge in [-0.2, -0.15) is 0 Å². The fourth-order valence-corrected chi connectivity index (χ4v) is 6.21. The summed E-state index contributed by atoms with van der Waals surface area (Å²) in [5.74, 6) is 0.417. The van der Waals surface area contributed by atoms with Crippen LogP contribution in [0.3, 0.4) is 0 Å². The third-order valence-corrected chi connectivity index (χ3v) is 7.95. The summed E-state index contributed by atoms with van der Waals surface area (Å²) >= 11 is 1.59. The van der Waals surface area contributed by atoms with E-state index in [0.717, 1.165) is 17.0 Å². The van der Waals surface area contributed by atoms with E-state index >= 15 is 0 Å². The molecule has 1 amide bonds. The number of nitrogens with one attached hydrogen (secondary N) is 1. The second-order valence-electron chi connectivity index (χ2n) is 7.86. The lowest BCUT2D eigenvalue weighted by Crippen LogP contribution is -2.49. The summed E-state index contributed by atoms with van der Waals surface area (Å²) in [4.78, 5) is 28.6. The lowest BCUT2D eigenvalue weighted by molar-refractivity contribution is -0.133. The molecule has 156 valence electrons. The minimum absolute atomic E-state index is 0.0131. The quantitative estimate of drug-likeness (QED) is 0.754. The van der Waals surface area contributed by atoms with E-state index < -0.39 is 10.0 Å². The van der Waals surface area contributed by atoms with E-state index in [0.29, 0.717) is 32.5 Å². The number of nitrogens with zero attached hydrogens (tertiary/aromatic N) is 2. The van der Waals surface area contributed by atoms with Gasteiger partial charge in [0.15, 0.2) is 0 Å². The standard InChI is InChI=1S/C20H25N3O4S2/c1-2-8-29(26,27)21-17-5-6-18-15-9-14(12-23(18)20(17)25)11-22(13-15)19(24)10-16-4-3-7-28-16/h3-7,14-15,21H,2,8-13H2,1H3/t14-,15-/m1/s1. The first-order valence-corrected chi connectivity index (χ1v) is 12.4. The zero-order valence-corrected chi connectivity index (χ0v) is 18.0. The molecule has 1 fully saturated rings. The molecule has 4 rings (SSSR count). The molecule has 0 spiro atoms. The van der Waals surface area contributed by atoms with Crippen molar-refractivity contribution >= 4 is 33.0 Å². The number of amides is 1. The first-order chi connectivity index (χ1) is 13.9. The molecule has 0 aromatic carbocycles. The zero-order valence-electron chi connectivity index (χ0n) is 16.3. The SMILES string of the molecule is CCCS(=O)(=O)Nc1ccc2n(c1=O)C[C@@H]1C[C@@H]2CN(C(=O)Cc2cccs2)C1. The van der Waals surface area contributed by atoms with Crippen LogP contribution in [-0.2, 0) is 27.8 Å². The topological polar surface area (TPSA) is 88.5 Å². The van der Waals surface area contributed by atoms with Crippen molar-refractivity contribution in [3.63, 3.8) is 0 Å². The number of carbonyl (C=O) groups is 1. The monoisotopic (exact) mass is 435 g/mol. The maximum Gasteiger partial charge on any atom is 0.275 e. The van der Waals surface area contributed by atoms with Crippen molar-refractivity contribution in [2.75, 3.05) is 23.6 Å². The van der Waals surface area contributed by atoms with Gasteiger partial charge in [-0.25, -0.2) is 8.42 Å². The van der Waals surface area contributed by atoms with Crippen LogP contribution in [0.15, 0.2) is 34.4 Å². The predicted molar refractivity (Wildman–Crippen MR) is 114 cm³/mol. The van der Waals surface area contributed by atoms with E-state index in [1.54, 1.807) is 28.9 Å². The minimum Gasteiger partial charge on any atom is -0.341 e. The molecule has 1 saturated heterocycles. The van der Waals surface area contributed by atoms with Crippen molar-refractivity contribution in [2.45, 2.75) is 38.6 Å². The molecule has 0 saturated carbocycles. The number of sulfonamides is 1. The molecular formula is C20H25N3O4S2. The van der Waals surface area contributed by atoms with E-state index in [-0.39, 0.29) is 34.7 Å². The van der Waals surface area contributed by atoms with Gasteiger partial charge in [0.1, 0.15) is 5.69 Å². The number of hydrogen-bond acceptors (Lipinski definition) is 5. The molecule has 0 aliphatic carbocycles. The molecular weight excluding hydrogens is 410 g/mol. The molecule has 2 bridgehead atoms. The Balaban J connectivity index is 1.54. The van der Waals surface area contributed by atoms with E-state index in [1.165, 1.54) is 0 Å². The molecule has 9 heteroatoms. The number of thiophene rings is 1. The molecule has 7 nitrogen and oxygen atoms in total. The Labute approximate surface area is 174 Å². The number of rotatable bonds is 6. The van der Waals surface area contributed by atoms with Crippen molar-refractivity contribution in [3.05, 3.63) is 50.6 Å². The first-order valence-electron chi connectivity index (χ1n) is 9.90. The average molecular weight is 436 g/mol. The molecule has 2 aromatic heterocycles. The highest BCUT2D eigenvalue weighted by atomic mass is 32.2. The zero-order chi connectivity index (χ0) is 20.6. The lowest BCUT2D eigenvalue weighted by Gasteiger charge is -2.43. The van der Waals surface area contributed by atoms with Crippen LogP contribution < -0.4 is 10.3 Å². The van der Waals surface area contributed by atoms with Crippen LogP contribution in [0.2, 0.25) is 0 Å². The Morgan fingerprint density at radius 3 is 2.79 bits per heavy atom. The highest BCUT2D eigenvalue weighted by Gasteiger charge is 2.36. The Morgan fingerprint density at radius 1 is 1.24 bits per heavy atom. The molecule has 0 unspecified atom stereocenters. The van der Waals surface area contributed by atoms with Crippen LogP contribution in [0.25, 0.3) is 0 Å². The number of fused-ring (bicyclic) bond motifs is 4. The van der Waals surface area contributed by atoms with Crippen molar-refractivity contribution in [1.29, 1.82) is 0 Å². The molecule has 2 aliphatic heterocycles.